The first-order valence-corrected chi connectivity index (χ1v) is 22.2. The molecule has 1 atom stereocenters. The van der Waals surface area contributed by atoms with Crippen LogP contribution >= 0.6 is 23.4 Å². The van der Waals surface area contributed by atoms with Gasteiger partial charge in [0.05, 0.1) is 29.1 Å². The summed E-state index contributed by atoms with van der Waals surface area (Å²) < 4.78 is 67.5. The smallest absolute Gasteiger partial charge is 0.255 e. The molecular weight excluding hydrogens is 766 g/mol. The van der Waals surface area contributed by atoms with Crippen LogP contribution in [0, 0.1) is 6.92 Å². The second-order valence-electron chi connectivity index (χ2n) is 13.4. The van der Waals surface area contributed by atoms with Crippen molar-refractivity contribution in [2.75, 3.05) is 53.2 Å². The Hall–Kier alpha value is -3.59. The molecule has 1 aliphatic heterocycles. The SMILES string of the molecule is COc1ccc(S(=O)(=O)N2CCCCC(c3cc(Cl)cc(OCCSCc4cccc(S(=O)(=O)N(C)C)c4)c3)C2)cc1C(=O)NCCc1ccccc1C. The molecule has 0 aromatic heterocycles. The van der Waals surface area contributed by atoms with E-state index in [1.165, 1.54) is 48.0 Å². The molecule has 1 heterocycles. The lowest BCUT2D eigenvalue weighted by molar-refractivity contribution is 0.0950. The Morgan fingerprint density at radius 3 is 2.52 bits per heavy atom. The van der Waals surface area contributed by atoms with Gasteiger partial charge in [0.1, 0.15) is 11.5 Å². The van der Waals surface area contributed by atoms with Crippen molar-refractivity contribution in [3.63, 3.8) is 0 Å². The monoisotopic (exact) mass is 813 g/mol. The number of nitrogens with one attached hydrogen (secondary N) is 1. The number of hydrogen-bond acceptors (Lipinski definition) is 8. The molecule has 1 unspecified atom stereocenters. The third-order valence-corrected chi connectivity index (χ3v) is 14.3. The number of hydrogen-bond donors (Lipinski definition) is 1. The van der Waals surface area contributed by atoms with Crippen LogP contribution in [0.15, 0.2) is 94.7 Å². The van der Waals surface area contributed by atoms with Crippen LogP contribution in [-0.2, 0) is 32.2 Å². The summed E-state index contributed by atoms with van der Waals surface area (Å²) in [7, 11) is -2.98. The van der Waals surface area contributed by atoms with Crippen LogP contribution in [0.1, 0.15) is 57.8 Å². The number of nitrogens with zero attached hydrogens (tertiary/aromatic N) is 2. The minimum absolute atomic E-state index is 0.0340. The third-order valence-electron chi connectivity index (χ3n) is 9.44. The molecule has 14 heteroatoms. The van der Waals surface area contributed by atoms with E-state index in [1.54, 1.807) is 36.0 Å². The summed E-state index contributed by atoms with van der Waals surface area (Å²) in [5.41, 5.74) is 4.24. The predicted octanol–water partition coefficient (Wildman–Crippen LogP) is 7.15. The Morgan fingerprint density at radius 2 is 1.76 bits per heavy atom. The number of aryl methyl sites for hydroxylation is 1. The molecule has 4 aromatic carbocycles. The Balaban J connectivity index is 1.22. The van der Waals surface area contributed by atoms with E-state index in [0.717, 1.165) is 35.1 Å². The van der Waals surface area contributed by atoms with E-state index in [-0.39, 0.29) is 27.8 Å². The fourth-order valence-electron chi connectivity index (χ4n) is 6.39. The molecule has 0 radical (unpaired) electrons. The van der Waals surface area contributed by atoms with Gasteiger partial charge >= 0.3 is 0 Å². The molecular formula is C40H48ClN3O7S3. The van der Waals surface area contributed by atoms with Gasteiger partial charge in [-0.15, -0.1) is 0 Å². The minimum atomic E-state index is -3.96. The molecule has 0 spiro atoms. The maximum atomic E-state index is 14.1. The van der Waals surface area contributed by atoms with E-state index in [1.807, 2.05) is 49.4 Å². The van der Waals surface area contributed by atoms with Crippen molar-refractivity contribution >= 4 is 49.3 Å². The van der Waals surface area contributed by atoms with E-state index < -0.39 is 26.0 Å². The van der Waals surface area contributed by atoms with Crippen LogP contribution in [0.3, 0.4) is 0 Å². The first-order valence-electron chi connectivity index (χ1n) is 17.8. The Kier molecular flexibility index (Phi) is 14.5. The first kappa shape index (κ1) is 41.6. The normalized spacial score (nSPS) is 15.5. The van der Waals surface area contributed by atoms with E-state index in [0.29, 0.717) is 60.6 Å². The van der Waals surface area contributed by atoms with Crippen molar-refractivity contribution in [2.45, 2.75) is 54.1 Å². The third kappa shape index (κ3) is 10.6. The van der Waals surface area contributed by atoms with E-state index >= 15 is 0 Å². The van der Waals surface area contributed by atoms with Gasteiger partial charge in [-0.05, 0) is 103 Å². The van der Waals surface area contributed by atoms with Crippen LogP contribution in [-0.4, -0.2) is 84.6 Å². The lowest BCUT2D eigenvalue weighted by atomic mass is 9.94. The topological polar surface area (TPSA) is 122 Å². The summed E-state index contributed by atoms with van der Waals surface area (Å²) >= 11 is 8.19. The molecule has 0 saturated carbocycles. The van der Waals surface area contributed by atoms with Crippen molar-refractivity contribution in [1.29, 1.82) is 0 Å². The van der Waals surface area contributed by atoms with Crippen LogP contribution in [0.25, 0.3) is 0 Å². The second kappa shape index (κ2) is 18.8. The number of amides is 1. The fourth-order valence-corrected chi connectivity index (χ4v) is 9.90. The molecule has 10 nitrogen and oxygen atoms in total. The summed E-state index contributed by atoms with van der Waals surface area (Å²) in [6.45, 7) is 3.43. The van der Waals surface area contributed by atoms with E-state index in [4.69, 9.17) is 21.1 Å². The molecule has 1 amide bonds. The van der Waals surface area contributed by atoms with Crippen molar-refractivity contribution < 1.29 is 31.1 Å². The number of methoxy groups -OCH3 is 1. The highest BCUT2D eigenvalue weighted by Gasteiger charge is 2.31. The largest absolute Gasteiger partial charge is 0.496 e. The number of rotatable bonds is 16. The highest BCUT2D eigenvalue weighted by Crippen LogP contribution is 2.34. The summed E-state index contributed by atoms with van der Waals surface area (Å²) in [5.74, 6) is 1.67. The number of carbonyl (C=O) groups is 1. The highest BCUT2D eigenvalue weighted by atomic mass is 35.5. The zero-order valence-corrected chi connectivity index (χ0v) is 34.3. The van der Waals surface area contributed by atoms with Crippen LogP contribution in [0.2, 0.25) is 5.02 Å². The molecule has 5 rings (SSSR count). The maximum Gasteiger partial charge on any atom is 0.255 e. The molecule has 4 aromatic rings. The van der Waals surface area contributed by atoms with Gasteiger partial charge in [-0.3, -0.25) is 4.79 Å². The minimum Gasteiger partial charge on any atom is -0.496 e. The van der Waals surface area contributed by atoms with Gasteiger partial charge in [-0.1, -0.05) is 54.4 Å². The number of ether oxygens (including phenoxy) is 2. The molecule has 54 heavy (non-hydrogen) atoms. The summed E-state index contributed by atoms with van der Waals surface area (Å²) in [6.07, 6.45) is 2.96. The molecule has 0 aliphatic carbocycles. The van der Waals surface area contributed by atoms with Crippen molar-refractivity contribution in [2.24, 2.45) is 0 Å². The Bertz CT molecular complexity index is 2150. The van der Waals surface area contributed by atoms with Gasteiger partial charge < -0.3 is 14.8 Å². The number of thioether (sulfide) groups is 1. The number of benzene rings is 4. The fraction of sp³-hybridized carbons (Fsp3) is 0.375. The second-order valence-corrected chi connectivity index (χ2v) is 19.0. The summed E-state index contributed by atoms with van der Waals surface area (Å²) in [6, 6.07) is 24.9. The van der Waals surface area contributed by atoms with E-state index in [2.05, 4.69) is 5.32 Å². The quantitative estimate of drug-likeness (QED) is 0.119. The predicted molar refractivity (Wildman–Crippen MR) is 216 cm³/mol. The highest BCUT2D eigenvalue weighted by molar-refractivity contribution is 7.98. The molecule has 1 aliphatic rings. The van der Waals surface area contributed by atoms with Crippen LogP contribution < -0.4 is 14.8 Å². The van der Waals surface area contributed by atoms with Gasteiger partial charge in [0, 0.05) is 50.3 Å². The Labute approximate surface area is 329 Å². The lowest BCUT2D eigenvalue weighted by Gasteiger charge is -2.25. The van der Waals surface area contributed by atoms with Crippen LogP contribution in [0.4, 0.5) is 0 Å². The zero-order chi connectivity index (χ0) is 38.9. The van der Waals surface area contributed by atoms with Gasteiger partial charge in [-0.25, -0.2) is 21.1 Å². The van der Waals surface area contributed by atoms with Gasteiger partial charge in [0.25, 0.3) is 5.91 Å². The number of halogens is 1. The molecule has 1 fully saturated rings. The maximum absolute atomic E-state index is 14.1. The van der Waals surface area contributed by atoms with Gasteiger partial charge in [0.15, 0.2) is 0 Å². The van der Waals surface area contributed by atoms with E-state index in [9.17, 15) is 21.6 Å². The summed E-state index contributed by atoms with van der Waals surface area (Å²) in [4.78, 5) is 13.6. The lowest BCUT2D eigenvalue weighted by Crippen LogP contribution is -2.34. The average Bonchev–Trinajstić information content (AvgIpc) is 3.42. The van der Waals surface area contributed by atoms with Crippen molar-refractivity contribution in [3.05, 3.63) is 118 Å². The summed E-state index contributed by atoms with van der Waals surface area (Å²) in [5, 5.41) is 3.42. The molecule has 290 valence electrons. The zero-order valence-electron chi connectivity index (χ0n) is 31.1. The number of sulfonamides is 2. The standard InChI is InChI=1S/C40H48ClN3O7S3/c1-29-10-5-6-12-31(29)17-18-42-40(45)38-26-37(15-16-39(38)50-4)54(48,49)44-19-8-7-13-32(27-44)33-23-34(41)25-35(24-33)51-20-21-52-28-30-11-9-14-36(22-30)53(46,47)43(2)3/h5-6,9-12,14-16,22-26,32H,7-8,13,17-21,27-28H2,1-4H3,(H,42,45). The van der Waals surface area contributed by atoms with Gasteiger partial charge in [-0.2, -0.15) is 16.1 Å². The first-order chi connectivity index (χ1) is 25.8. The number of carbonyl (C=O) groups excluding carboxylic acids is 1. The van der Waals surface area contributed by atoms with Crippen molar-refractivity contribution in [1.82, 2.24) is 13.9 Å². The van der Waals surface area contributed by atoms with Gasteiger partial charge in [0.2, 0.25) is 20.0 Å². The molecule has 1 N–H and O–H groups in total. The van der Waals surface area contributed by atoms with Crippen molar-refractivity contribution in [3.8, 4) is 11.5 Å². The average molecular weight is 814 g/mol. The van der Waals surface area contributed by atoms with Crippen LogP contribution in [0.5, 0.6) is 11.5 Å². The molecule has 1 saturated heterocycles. The molecule has 0 bridgehead atoms. The Morgan fingerprint density at radius 1 is 0.963 bits per heavy atom.